The molecule has 18 heavy (non-hydrogen) atoms. The van der Waals surface area contributed by atoms with Crippen molar-refractivity contribution in [1.82, 2.24) is 10.2 Å². The first-order valence-electron chi connectivity index (χ1n) is 5.79. The summed E-state index contributed by atoms with van der Waals surface area (Å²) in [5.41, 5.74) is 3.28. The van der Waals surface area contributed by atoms with Gasteiger partial charge in [0.25, 0.3) is 5.91 Å². The number of benzene rings is 1. The number of hydrogen-bond acceptors (Lipinski definition) is 3. The highest BCUT2D eigenvalue weighted by Gasteiger charge is 2.15. The summed E-state index contributed by atoms with van der Waals surface area (Å²) in [5, 5.41) is 3.27. The molecule has 1 amide bonds. The van der Waals surface area contributed by atoms with Crippen LogP contribution in [0.4, 0.5) is 0 Å². The third-order valence-corrected chi connectivity index (χ3v) is 3.06. The average molecular weight is 271 g/mol. The number of rotatable bonds is 4. The van der Waals surface area contributed by atoms with Gasteiger partial charge in [-0.3, -0.25) is 4.79 Å². The lowest BCUT2D eigenvalue weighted by molar-refractivity contribution is 0.0744. The van der Waals surface area contributed by atoms with Crippen LogP contribution in [0.5, 0.6) is 0 Å². The Morgan fingerprint density at radius 2 is 2.11 bits per heavy atom. The summed E-state index contributed by atoms with van der Waals surface area (Å²) in [4.78, 5) is 13.8. The molecule has 0 unspecified atom stereocenters. The summed E-state index contributed by atoms with van der Waals surface area (Å²) in [6.07, 6.45) is 0. The number of ether oxygens (including phenoxy) is 1. The highest BCUT2D eigenvalue weighted by molar-refractivity contribution is 5.94. The minimum atomic E-state index is 0. The molecule has 1 N–H and O–H groups in total. The summed E-state index contributed by atoms with van der Waals surface area (Å²) in [7, 11) is 3.44. The van der Waals surface area contributed by atoms with E-state index < -0.39 is 0 Å². The largest absolute Gasteiger partial charge is 0.383 e. The van der Waals surface area contributed by atoms with Crippen molar-refractivity contribution in [1.29, 1.82) is 0 Å². The fraction of sp³-hybridized carbons (Fsp3) is 0.462. The third-order valence-electron chi connectivity index (χ3n) is 3.06. The lowest BCUT2D eigenvalue weighted by atomic mass is 10.1. The molecule has 5 heteroatoms. The van der Waals surface area contributed by atoms with Crippen molar-refractivity contribution in [2.24, 2.45) is 0 Å². The summed E-state index contributed by atoms with van der Waals surface area (Å²) in [5.74, 6) is 0.0525. The number of methoxy groups -OCH3 is 1. The van der Waals surface area contributed by atoms with Crippen LogP contribution in [-0.2, 0) is 17.8 Å². The predicted molar refractivity (Wildman–Crippen MR) is 73.1 cm³/mol. The number of carbonyl (C=O) groups is 1. The van der Waals surface area contributed by atoms with E-state index in [0.717, 1.165) is 18.7 Å². The zero-order chi connectivity index (χ0) is 12.3. The second kappa shape index (κ2) is 6.73. The van der Waals surface area contributed by atoms with E-state index in [1.54, 1.807) is 19.1 Å². The number of halogens is 1. The van der Waals surface area contributed by atoms with Gasteiger partial charge in [0.05, 0.1) is 6.61 Å². The molecular formula is C13H19ClN2O2. The number of carbonyl (C=O) groups excluding carboxylic acids is 1. The molecule has 1 aliphatic rings. The van der Waals surface area contributed by atoms with Crippen LogP contribution in [0.2, 0.25) is 0 Å². The van der Waals surface area contributed by atoms with Crippen molar-refractivity contribution in [3.63, 3.8) is 0 Å². The van der Waals surface area contributed by atoms with Gasteiger partial charge in [-0.1, -0.05) is 6.07 Å². The van der Waals surface area contributed by atoms with E-state index in [1.165, 1.54) is 11.1 Å². The molecule has 1 aromatic carbocycles. The first-order chi connectivity index (χ1) is 8.22. The van der Waals surface area contributed by atoms with Gasteiger partial charge in [0.1, 0.15) is 0 Å². The van der Waals surface area contributed by atoms with Gasteiger partial charge in [0.2, 0.25) is 0 Å². The fourth-order valence-corrected chi connectivity index (χ4v) is 1.98. The Bertz CT molecular complexity index is 423. The van der Waals surface area contributed by atoms with E-state index in [0.29, 0.717) is 13.2 Å². The molecular weight excluding hydrogens is 252 g/mol. The Balaban J connectivity index is 0.00000162. The maximum Gasteiger partial charge on any atom is 0.253 e. The molecule has 0 atom stereocenters. The highest BCUT2D eigenvalue weighted by atomic mass is 35.5. The molecule has 0 saturated heterocycles. The van der Waals surface area contributed by atoms with Crippen LogP contribution in [-0.4, -0.2) is 38.1 Å². The van der Waals surface area contributed by atoms with Crippen LogP contribution >= 0.6 is 12.4 Å². The predicted octanol–water partition coefficient (Wildman–Crippen LogP) is 1.43. The van der Waals surface area contributed by atoms with Crippen LogP contribution in [0.15, 0.2) is 18.2 Å². The van der Waals surface area contributed by atoms with E-state index in [-0.39, 0.29) is 18.3 Å². The number of nitrogens with one attached hydrogen (secondary N) is 1. The van der Waals surface area contributed by atoms with Gasteiger partial charge in [0, 0.05) is 39.4 Å². The molecule has 4 nitrogen and oxygen atoms in total. The standard InChI is InChI=1S/C13H18N2O2.ClH/c1-15(5-6-17-2)13(16)10-3-4-11-8-14-9-12(11)7-10;/h3-4,7,14H,5-6,8-9H2,1-2H3;1H. The van der Waals surface area contributed by atoms with Gasteiger partial charge in [-0.2, -0.15) is 0 Å². The Morgan fingerprint density at radius 1 is 1.39 bits per heavy atom. The summed E-state index contributed by atoms with van der Waals surface area (Å²) < 4.78 is 4.97. The van der Waals surface area contributed by atoms with E-state index in [2.05, 4.69) is 5.32 Å². The van der Waals surface area contributed by atoms with Crippen LogP contribution in [0.25, 0.3) is 0 Å². The van der Waals surface area contributed by atoms with Crippen LogP contribution in [0.1, 0.15) is 21.5 Å². The van der Waals surface area contributed by atoms with Crippen molar-refractivity contribution in [3.05, 3.63) is 34.9 Å². The minimum absolute atomic E-state index is 0. The lowest BCUT2D eigenvalue weighted by Crippen LogP contribution is -2.30. The van der Waals surface area contributed by atoms with Gasteiger partial charge in [0.15, 0.2) is 0 Å². The molecule has 0 radical (unpaired) electrons. The molecule has 100 valence electrons. The van der Waals surface area contributed by atoms with Crippen LogP contribution in [0.3, 0.4) is 0 Å². The van der Waals surface area contributed by atoms with Gasteiger partial charge in [-0.25, -0.2) is 0 Å². The fourth-order valence-electron chi connectivity index (χ4n) is 1.98. The third kappa shape index (κ3) is 3.22. The van der Waals surface area contributed by atoms with Crippen molar-refractivity contribution in [2.45, 2.75) is 13.1 Å². The molecule has 0 saturated carbocycles. The maximum atomic E-state index is 12.1. The first kappa shape index (κ1) is 15.0. The number of fused-ring (bicyclic) bond motifs is 1. The summed E-state index contributed by atoms with van der Waals surface area (Å²) >= 11 is 0. The topological polar surface area (TPSA) is 41.6 Å². The highest BCUT2D eigenvalue weighted by Crippen LogP contribution is 2.17. The van der Waals surface area contributed by atoms with Crippen molar-refractivity contribution >= 4 is 18.3 Å². The summed E-state index contributed by atoms with van der Waals surface area (Å²) in [6.45, 7) is 2.95. The van der Waals surface area contributed by atoms with Crippen molar-refractivity contribution in [2.75, 3.05) is 27.3 Å². The zero-order valence-corrected chi connectivity index (χ0v) is 11.5. The van der Waals surface area contributed by atoms with E-state index in [4.69, 9.17) is 4.74 Å². The number of nitrogens with zero attached hydrogens (tertiary/aromatic N) is 1. The molecule has 1 aliphatic heterocycles. The average Bonchev–Trinajstić information content (AvgIpc) is 2.81. The maximum absolute atomic E-state index is 12.1. The molecule has 0 aromatic heterocycles. The van der Waals surface area contributed by atoms with Gasteiger partial charge in [-0.05, 0) is 23.3 Å². The monoisotopic (exact) mass is 270 g/mol. The summed E-state index contributed by atoms with van der Waals surface area (Å²) in [6, 6.07) is 5.92. The SMILES string of the molecule is COCCN(C)C(=O)c1ccc2c(c1)CNC2.Cl. The molecule has 0 bridgehead atoms. The normalized spacial score (nSPS) is 12.8. The smallest absolute Gasteiger partial charge is 0.253 e. The molecule has 0 spiro atoms. The minimum Gasteiger partial charge on any atom is -0.383 e. The second-order valence-electron chi connectivity index (χ2n) is 4.31. The molecule has 2 rings (SSSR count). The Labute approximate surface area is 114 Å². The molecule has 0 fully saturated rings. The quantitative estimate of drug-likeness (QED) is 0.900. The number of likely N-dealkylation sites (N-methyl/N-ethyl adjacent to an activating group) is 1. The number of hydrogen-bond donors (Lipinski definition) is 1. The van der Waals surface area contributed by atoms with Gasteiger partial charge in [-0.15, -0.1) is 12.4 Å². The van der Waals surface area contributed by atoms with Gasteiger partial charge < -0.3 is 15.0 Å². The Morgan fingerprint density at radius 3 is 2.83 bits per heavy atom. The Kier molecular flexibility index (Phi) is 5.59. The lowest BCUT2D eigenvalue weighted by Gasteiger charge is -2.17. The molecule has 1 heterocycles. The molecule has 1 aromatic rings. The van der Waals surface area contributed by atoms with E-state index in [1.807, 2.05) is 18.2 Å². The van der Waals surface area contributed by atoms with E-state index in [9.17, 15) is 4.79 Å². The second-order valence-corrected chi connectivity index (χ2v) is 4.31. The van der Waals surface area contributed by atoms with Crippen molar-refractivity contribution in [3.8, 4) is 0 Å². The first-order valence-corrected chi connectivity index (χ1v) is 5.79. The Hall–Kier alpha value is -1.10. The van der Waals surface area contributed by atoms with Crippen LogP contribution < -0.4 is 5.32 Å². The van der Waals surface area contributed by atoms with Crippen LogP contribution in [0, 0.1) is 0 Å². The number of amides is 1. The van der Waals surface area contributed by atoms with Crippen molar-refractivity contribution < 1.29 is 9.53 Å². The van der Waals surface area contributed by atoms with E-state index >= 15 is 0 Å². The zero-order valence-electron chi connectivity index (χ0n) is 10.7. The van der Waals surface area contributed by atoms with Gasteiger partial charge >= 0.3 is 0 Å². The molecule has 0 aliphatic carbocycles.